The SMILES string of the molecule is CC1=C(c2cccc(O)c2)C(c2ccc(OC[C@H](C)N3CC[C@@H](C)C3)cc2)Oc2cc(Cl)c(O)cc21. The highest BCUT2D eigenvalue weighted by Gasteiger charge is 2.30. The quantitative estimate of drug-likeness (QED) is 0.380. The molecule has 0 aliphatic carbocycles. The van der Waals surface area contributed by atoms with Crippen molar-refractivity contribution in [1.82, 2.24) is 4.90 Å². The van der Waals surface area contributed by atoms with Gasteiger partial charge in [-0.2, -0.15) is 0 Å². The zero-order valence-corrected chi connectivity index (χ0v) is 21.6. The maximum atomic E-state index is 10.2. The molecular weight excluding hydrogens is 474 g/mol. The molecule has 0 bridgehead atoms. The van der Waals surface area contributed by atoms with E-state index in [4.69, 9.17) is 21.1 Å². The molecule has 188 valence electrons. The Kier molecular flexibility index (Phi) is 6.87. The number of hydrogen-bond acceptors (Lipinski definition) is 5. The molecule has 0 spiro atoms. The molecule has 2 aliphatic heterocycles. The highest BCUT2D eigenvalue weighted by atomic mass is 35.5. The molecule has 5 rings (SSSR count). The summed E-state index contributed by atoms with van der Waals surface area (Å²) in [6, 6.07) is 18.8. The summed E-state index contributed by atoms with van der Waals surface area (Å²) in [7, 11) is 0. The van der Waals surface area contributed by atoms with Crippen LogP contribution >= 0.6 is 11.6 Å². The van der Waals surface area contributed by atoms with Crippen LogP contribution in [0.25, 0.3) is 11.1 Å². The molecule has 1 saturated heterocycles. The van der Waals surface area contributed by atoms with Crippen molar-refractivity contribution in [3.8, 4) is 23.0 Å². The number of benzene rings is 3. The van der Waals surface area contributed by atoms with Crippen molar-refractivity contribution in [3.63, 3.8) is 0 Å². The lowest BCUT2D eigenvalue weighted by molar-refractivity contribution is 0.169. The molecule has 0 amide bonds. The van der Waals surface area contributed by atoms with Crippen molar-refractivity contribution in [2.24, 2.45) is 5.92 Å². The summed E-state index contributed by atoms with van der Waals surface area (Å²) < 4.78 is 12.6. The Labute approximate surface area is 217 Å². The van der Waals surface area contributed by atoms with E-state index in [1.165, 1.54) is 6.42 Å². The third-order valence-electron chi connectivity index (χ3n) is 7.27. The van der Waals surface area contributed by atoms with E-state index >= 15 is 0 Å². The lowest BCUT2D eigenvalue weighted by atomic mass is 9.86. The molecule has 6 heteroatoms. The zero-order chi connectivity index (χ0) is 25.4. The Hall–Kier alpha value is -3.15. The summed E-state index contributed by atoms with van der Waals surface area (Å²) in [6.45, 7) is 9.44. The fraction of sp³-hybridized carbons (Fsp3) is 0.333. The van der Waals surface area contributed by atoms with Crippen molar-refractivity contribution in [3.05, 3.63) is 82.4 Å². The summed E-state index contributed by atoms with van der Waals surface area (Å²) in [5, 5.41) is 20.6. The normalized spacial score (nSPS) is 20.7. The first-order valence-electron chi connectivity index (χ1n) is 12.5. The summed E-state index contributed by atoms with van der Waals surface area (Å²) in [4.78, 5) is 2.49. The number of likely N-dealkylation sites (tertiary alicyclic amines) is 1. The first-order chi connectivity index (χ1) is 17.3. The van der Waals surface area contributed by atoms with Gasteiger partial charge in [-0.25, -0.2) is 0 Å². The highest BCUT2D eigenvalue weighted by molar-refractivity contribution is 6.32. The second-order valence-electron chi connectivity index (χ2n) is 10.0. The highest BCUT2D eigenvalue weighted by Crippen LogP contribution is 2.49. The fourth-order valence-corrected chi connectivity index (χ4v) is 5.32. The Morgan fingerprint density at radius 1 is 1.11 bits per heavy atom. The molecule has 2 N–H and O–H groups in total. The first-order valence-corrected chi connectivity index (χ1v) is 12.8. The minimum absolute atomic E-state index is 0.00573. The van der Waals surface area contributed by atoms with Gasteiger partial charge < -0.3 is 19.7 Å². The summed E-state index contributed by atoms with van der Waals surface area (Å²) in [6.07, 6.45) is 0.835. The average molecular weight is 506 g/mol. The third kappa shape index (κ3) is 4.91. The van der Waals surface area contributed by atoms with Crippen molar-refractivity contribution < 1.29 is 19.7 Å². The number of nitrogens with zero attached hydrogens (tertiary/aromatic N) is 1. The van der Waals surface area contributed by atoms with E-state index in [0.717, 1.165) is 52.6 Å². The molecule has 3 aromatic rings. The van der Waals surface area contributed by atoms with Crippen molar-refractivity contribution in [2.45, 2.75) is 39.3 Å². The van der Waals surface area contributed by atoms with E-state index in [1.807, 2.05) is 43.3 Å². The number of phenols is 2. The van der Waals surface area contributed by atoms with Crippen LogP contribution in [-0.2, 0) is 0 Å². The maximum absolute atomic E-state index is 10.2. The van der Waals surface area contributed by atoms with Gasteiger partial charge >= 0.3 is 0 Å². The van der Waals surface area contributed by atoms with E-state index < -0.39 is 6.10 Å². The van der Waals surface area contributed by atoms with Gasteiger partial charge in [-0.1, -0.05) is 42.8 Å². The Morgan fingerprint density at radius 3 is 2.58 bits per heavy atom. The van der Waals surface area contributed by atoms with Crippen molar-refractivity contribution >= 4 is 22.7 Å². The zero-order valence-electron chi connectivity index (χ0n) is 20.9. The van der Waals surface area contributed by atoms with E-state index in [9.17, 15) is 10.2 Å². The van der Waals surface area contributed by atoms with Crippen LogP contribution in [-0.4, -0.2) is 40.9 Å². The second-order valence-corrected chi connectivity index (χ2v) is 10.4. The van der Waals surface area contributed by atoms with Gasteiger partial charge in [0, 0.05) is 29.8 Å². The van der Waals surface area contributed by atoms with Crippen LogP contribution in [0, 0.1) is 5.92 Å². The monoisotopic (exact) mass is 505 g/mol. The van der Waals surface area contributed by atoms with Gasteiger partial charge in [-0.15, -0.1) is 0 Å². The number of aromatic hydroxyl groups is 2. The molecule has 0 radical (unpaired) electrons. The molecular formula is C30H32ClNO4. The van der Waals surface area contributed by atoms with E-state index in [1.54, 1.807) is 24.3 Å². The number of hydrogen-bond donors (Lipinski definition) is 2. The minimum Gasteiger partial charge on any atom is -0.508 e. The lowest BCUT2D eigenvalue weighted by Gasteiger charge is -2.31. The molecule has 2 heterocycles. The molecule has 0 aromatic heterocycles. The van der Waals surface area contributed by atoms with Gasteiger partial charge in [0.25, 0.3) is 0 Å². The minimum atomic E-state index is -0.418. The van der Waals surface area contributed by atoms with Gasteiger partial charge in [0.15, 0.2) is 0 Å². The van der Waals surface area contributed by atoms with Crippen LogP contribution in [0.1, 0.15) is 50.0 Å². The van der Waals surface area contributed by atoms with E-state index in [0.29, 0.717) is 18.4 Å². The molecule has 5 nitrogen and oxygen atoms in total. The molecule has 3 atom stereocenters. The van der Waals surface area contributed by atoms with Gasteiger partial charge in [0.2, 0.25) is 0 Å². The van der Waals surface area contributed by atoms with Gasteiger partial charge in [-0.05, 0) is 79.8 Å². The predicted octanol–water partition coefficient (Wildman–Crippen LogP) is 6.92. The molecule has 36 heavy (non-hydrogen) atoms. The molecule has 3 aromatic carbocycles. The Morgan fingerprint density at radius 2 is 1.89 bits per heavy atom. The van der Waals surface area contributed by atoms with Crippen molar-refractivity contribution in [2.75, 3.05) is 19.7 Å². The summed E-state index contributed by atoms with van der Waals surface area (Å²) in [5.41, 5.74) is 4.46. The number of ether oxygens (including phenoxy) is 2. The standard InChI is InChI=1S/C30H32ClNO4/c1-18-11-12-32(16-18)19(2)17-35-24-9-7-21(8-10-24)30-29(22-5-4-6-23(33)13-22)20(3)25-14-27(34)26(31)15-28(25)36-30/h4-10,13-15,18-19,30,33-34H,11-12,16-17H2,1-3H3/t18-,19+,30?/m1/s1. The van der Waals surface area contributed by atoms with Gasteiger partial charge in [0.05, 0.1) is 5.02 Å². The average Bonchev–Trinajstić information content (AvgIpc) is 3.30. The number of rotatable bonds is 6. The maximum Gasteiger partial charge on any atom is 0.150 e. The van der Waals surface area contributed by atoms with Gasteiger partial charge in [-0.3, -0.25) is 4.90 Å². The van der Waals surface area contributed by atoms with Crippen LogP contribution in [0.15, 0.2) is 60.7 Å². The number of allylic oxidation sites excluding steroid dienone is 1. The van der Waals surface area contributed by atoms with E-state index in [-0.39, 0.29) is 16.5 Å². The second kappa shape index (κ2) is 10.1. The molecule has 2 aliphatic rings. The van der Waals surface area contributed by atoms with E-state index in [2.05, 4.69) is 18.7 Å². The molecule has 1 unspecified atom stereocenters. The van der Waals surface area contributed by atoms with Crippen LogP contribution in [0.4, 0.5) is 0 Å². The summed E-state index contributed by atoms with van der Waals surface area (Å²) in [5.74, 6) is 2.37. The predicted molar refractivity (Wildman–Crippen MR) is 144 cm³/mol. The van der Waals surface area contributed by atoms with Crippen LogP contribution < -0.4 is 9.47 Å². The van der Waals surface area contributed by atoms with Crippen molar-refractivity contribution in [1.29, 1.82) is 0 Å². The number of fused-ring (bicyclic) bond motifs is 1. The first kappa shape index (κ1) is 24.5. The van der Waals surface area contributed by atoms with Crippen LogP contribution in [0.5, 0.6) is 23.0 Å². The number of phenolic OH excluding ortho intramolecular Hbond substituents is 2. The fourth-order valence-electron chi connectivity index (χ4n) is 5.17. The summed E-state index contributed by atoms with van der Waals surface area (Å²) >= 11 is 6.20. The van der Waals surface area contributed by atoms with Gasteiger partial charge in [0.1, 0.15) is 35.7 Å². The lowest BCUT2D eigenvalue weighted by Crippen LogP contribution is -2.35. The van der Waals surface area contributed by atoms with Crippen LogP contribution in [0.3, 0.4) is 0 Å². The number of halogens is 1. The Bertz CT molecular complexity index is 1290. The topological polar surface area (TPSA) is 62.2 Å². The smallest absolute Gasteiger partial charge is 0.150 e. The third-order valence-corrected chi connectivity index (χ3v) is 7.58. The van der Waals surface area contributed by atoms with Crippen LogP contribution in [0.2, 0.25) is 5.02 Å². The largest absolute Gasteiger partial charge is 0.508 e. The Balaban J connectivity index is 1.43. The molecule has 0 saturated carbocycles. The molecule has 1 fully saturated rings.